The SMILES string of the molecule is Cc1ccc(N)c(C)c1.Nc1ccccc1. The molecule has 2 nitrogen and oxygen atoms in total. The van der Waals surface area contributed by atoms with Crippen molar-refractivity contribution in [1.29, 1.82) is 0 Å². The van der Waals surface area contributed by atoms with E-state index < -0.39 is 0 Å². The molecule has 0 radical (unpaired) electrons. The molecule has 0 aromatic heterocycles. The average molecular weight is 214 g/mol. The Morgan fingerprint density at radius 2 is 1.44 bits per heavy atom. The topological polar surface area (TPSA) is 52.0 Å². The molecule has 0 bridgehead atoms. The largest absolute Gasteiger partial charge is 0.399 e. The van der Waals surface area contributed by atoms with Crippen molar-refractivity contribution in [3.63, 3.8) is 0 Å². The first-order chi connectivity index (χ1) is 7.59. The van der Waals surface area contributed by atoms with Crippen LogP contribution in [0.15, 0.2) is 48.5 Å². The van der Waals surface area contributed by atoms with Gasteiger partial charge in [0.2, 0.25) is 0 Å². The fourth-order valence-corrected chi connectivity index (χ4v) is 1.28. The van der Waals surface area contributed by atoms with Gasteiger partial charge in [-0.2, -0.15) is 0 Å². The third-order valence-corrected chi connectivity index (χ3v) is 2.22. The molecule has 2 aromatic carbocycles. The Kier molecular flexibility index (Phi) is 4.40. The molecule has 2 aromatic rings. The van der Waals surface area contributed by atoms with Crippen LogP contribution in [0.2, 0.25) is 0 Å². The molecule has 0 heterocycles. The van der Waals surface area contributed by atoms with Gasteiger partial charge in [-0.15, -0.1) is 0 Å². The van der Waals surface area contributed by atoms with Crippen LogP contribution in [-0.4, -0.2) is 0 Å². The lowest BCUT2D eigenvalue weighted by molar-refractivity contribution is 1.39. The van der Waals surface area contributed by atoms with Crippen LogP contribution >= 0.6 is 0 Å². The van der Waals surface area contributed by atoms with Crippen LogP contribution in [0.4, 0.5) is 11.4 Å². The van der Waals surface area contributed by atoms with Crippen LogP contribution in [0.25, 0.3) is 0 Å². The number of anilines is 2. The summed E-state index contributed by atoms with van der Waals surface area (Å²) in [6.07, 6.45) is 0. The highest BCUT2D eigenvalue weighted by Crippen LogP contribution is 2.10. The van der Waals surface area contributed by atoms with Crippen molar-refractivity contribution >= 4 is 11.4 Å². The quantitative estimate of drug-likeness (QED) is 0.662. The standard InChI is InChI=1S/C8H11N.C6H7N/c1-6-3-4-8(9)7(2)5-6;7-6-4-2-1-3-5-6/h3-5H,9H2,1-2H3;1-5H,7H2. The van der Waals surface area contributed by atoms with Crippen molar-refractivity contribution in [2.45, 2.75) is 13.8 Å². The Labute approximate surface area is 96.9 Å². The van der Waals surface area contributed by atoms with Crippen molar-refractivity contribution in [3.05, 3.63) is 59.7 Å². The van der Waals surface area contributed by atoms with Crippen molar-refractivity contribution in [3.8, 4) is 0 Å². The highest BCUT2D eigenvalue weighted by atomic mass is 14.5. The summed E-state index contributed by atoms with van der Waals surface area (Å²) in [7, 11) is 0. The van der Waals surface area contributed by atoms with Gasteiger partial charge >= 0.3 is 0 Å². The Bertz CT molecular complexity index is 436. The monoisotopic (exact) mass is 214 g/mol. The molecule has 16 heavy (non-hydrogen) atoms. The zero-order valence-electron chi connectivity index (χ0n) is 9.77. The fraction of sp³-hybridized carbons (Fsp3) is 0.143. The van der Waals surface area contributed by atoms with E-state index in [4.69, 9.17) is 11.5 Å². The predicted octanol–water partition coefficient (Wildman–Crippen LogP) is 3.15. The molecule has 0 aliphatic carbocycles. The molecule has 0 saturated carbocycles. The second-order valence-electron chi connectivity index (χ2n) is 3.77. The molecule has 2 rings (SSSR count). The summed E-state index contributed by atoms with van der Waals surface area (Å²) in [6.45, 7) is 4.08. The first-order valence-electron chi connectivity index (χ1n) is 5.23. The molecule has 0 aliphatic heterocycles. The van der Waals surface area contributed by atoms with Crippen LogP contribution in [0.1, 0.15) is 11.1 Å². The molecule has 0 saturated heterocycles. The second-order valence-corrected chi connectivity index (χ2v) is 3.77. The van der Waals surface area contributed by atoms with Crippen LogP contribution in [0.5, 0.6) is 0 Å². The lowest BCUT2D eigenvalue weighted by Gasteiger charge is -1.98. The van der Waals surface area contributed by atoms with E-state index in [0.717, 1.165) is 16.9 Å². The molecule has 0 spiro atoms. The third kappa shape index (κ3) is 4.05. The number of hydrogen-bond acceptors (Lipinski definition) is 2. The first-order valence-corrected chi connectivity index (χ1v) is 5.23. The molecule has 0 atom stereocenters. The molecule has 0 aliphatic rings. The maximum absolute atomic E-state index is 5.59. The van der Waals surface area contributed by atoms with E-state index in [-0.39, 0.29) is 0 Å². The van der Waals surface area contributed by atoms with Gasteiger partial charge in [0, 0.05) is 11.4 Å². The highest BCUT2D eigenvalue weighted by Gasteiger charge is 1.89. The van der Waals surface area contributed by atoms with Crippen LogP contribution < -0.4 is 11.5 Å². The molecular formula is C14H18N2. The van der Waals surface area contributed by atoms with Gasteiger partial charge in [-0.25, -0.2) is 0 Å². The Balaban J connectivity index is 0.000000165. The third-order valence-electron chi connectivity index (χ3n) is 2.22. The van der Waals surface area contributed by atoms with Crippen molar-refractivity contribution in [1.82, 2.24) is 0 Å². The zero-order chi connectivity index (χ0) is 12.0. The Morgan fingerprint density at radius 1 is 0.812 bits per heavy atom. The Hall–Kier alpha value is -1.96. The lowest BCUT2D eigenvalue weighted by atomic mass is 10.1. The molecule has 0 unspecified atom stereocenters. The maximum Gasteiger partial charge on any atom is 0.0343 e. The van der Waals surface area contributed by atoms with Gasteiger partial charge in [0.25, 0.3) is 0 Å². The maximum atomic E-state index is 5.59. The molecule has 0 fully saturated rings. The molecule has 4 N–H and O–H groups in total. The van der Waals surface area contributed by atoms with Crippen molar-refractivity contribution in [2.24, 2.45) is 0 Å². The van der Waals surface area contributed by atoms with Crippen LogP contribution in [0.3, 0.4) is 0 Å². The van der Waals surface area contributed by atoms with Gasteiger partial charge in [0.15, 0.2) is 0 Å². The van der Waals surface area contributed by atoms with Crippen LogP contribution in [0, 0.1) is 13.8 Å². The number of aryl methyl sites for hydroxylation is 2. The van der Waals surface area contributed by atoms with E-state index in [1.54, 1.807) is 0 Å². The molecule has 2 heteroatoms. The summed E-state index contributed by atoms with van der Waals surface area (Å²) in [5.74, 6) is 0. The van der Waals surface area contributed by atoms with Gasteiger partial charge in [0.05, 0.1) is 0 Å². The Morgan fingerprint density at radius 3 is 1.81 bits per heavy atom. The first kappa shape index (κ1) is 12.1. The van der Waals surface area contributed by atoms with Crippen LogP contribution in [-0.2, 0) is 0 Å². The normalized spacial score (nSPS) is 9.12. The van der Waals surface area contributed by atoms with Gasteiger partial charge in [-0.05, 0) is 37.6 Å². The van der Waals surface area contributed by atoms with E-state index in [1.807, 2.05) is 49.4 Å². The summed E-state index contributed by atoms with van der Waals surface area (Å²) in [5.41, 5.74) is 15.1. The van der Waals surface area contributed by atoms with E-state index >= 15 is 0 Å². The number of nitrogens with two attached hydrogens (primary N) is 2. The minimum absolute atomic E-state index is 0.822. The van der Waals surface area contributed by atoms with E-state index in [9.17, 15) is 0 Å². The van der Waals surface area contributed by atoms with Crippen molar-refractivity contribution in [2.75, 3.05) is 11.5 Å². The number of rotatable bonds is 0. The molecule has 84 valence electrons. The summed E-state index contributed by atoms with van der Waals surface area (Å²) < 4.78 is 0. The highest BCUT2D eigenvalue weighted by molar-refractivity contribution is 5.47. The minimum atomic E-state index is 0.822. The fourth-order valence-electron chi connectivity index (χ4n) is 1.28. The smallest absolute Gasteiger partial charge is 0.0343 e. The summed E-state index contributed by atoms with van der Waals surface area (Å²) >= 11 is 0. The number of para-hydroxylation sites is 1. The summed E-state index contributed by atoms with van der Waals surface area (Å²) in [5, 5.41) is 0. The number of hydrogen-bond donors (Lipinski definition) is 2. The molecular weight excluding hydrogens is 196 g/mol. The summed E-state index contributed by atoms with van der Waals surface area (Å²) in [6, 6.07) is 15.5. The summed E-state index contributed by atoms with van der Waals surface area (Å²) in [4.78, 5) is 0. The minimum Gasteiger partial charge on any atom is -0.399 e. The van der Waals surface area contributed by atoms with E-state index in [2.05, 4.69) is 13.0 Å². The van der Waals surface area contributed by atoms with Gasteiger partial charge in [-0.1, -0.05) is 35.9 Å². The lowest BCUT2D eigenvalue weighted by Crippen LogP contribution is -1.88. The number of benzene rings is 2. The number of nitrogen functional groups attached to an aromatic ring is 2. The zero-order valence-corrected chi connectivity index (χ0v) is 9.77. The molecule has 0 amide bonds. The van der Waals surface area contributed by atoms with Gasteiger partial charge < -0.3 is 11.5 Å². The van der Waals surface area contributed by atoms with Gasteiger partial charge in [-0.3, -0.25) is 0 Å². The van der Waals surface area contributed by atoms with Crippen molar-refractivity contribution < 1.29 is 0 Å². The van der Waals surface area contributed by atoms with Gasteiger partial charge in [0.1, 0.15) is 0 Å². The van der Waals surface area contributed by atoms with E-state index in [0.29, 0.717) is 0 Å². The average Bonchev–Trinajstić information content (AvgIpc) is 2.26. The predicted molar refractivity (Wildman–Crippen MR) is 71.2 cm³/mol. The van der Waals surface area contributed by atoms with E-state index in [1.165, 1.54) is 5.56 Å². The second kappa shape index (κ2) is 5.81.